The van der Waals surface area contributed by atoms with Crippen molar-refractivity contribution in [2.45, 2.75) is 44.4 Å². The van der Waals surface area contributed by atoms with E-state index in [2.05, 4.69) is 38.8 Å². The van der Waals surface area contributed by atoms with Crippen molar-refractivity contribution in [2.75, 3.05) is 10.6 Å². The Balaban J connectivity index is 1.27. The van der Waals surface area contributed by atoms with Gasteiger partial charge in [0, 0.05) is 12.1 Å². The maximum absolute atomic E-state index is 10.2. The molecule has 1 unspecified atom stereocenters. The lowest BCUT2D eigenvalue weighted by molar-refractivity contribution is 0.116. The third kappa shape index (κ3) is 4.95. The number of nitriles is 1. The van der Waals surface area contributed by atoms with Gasteiger partial charge in [0.2, 0.25) is 0 Å². The summed E-state index contributed by atoms with van der Waals surface area (Å²) in [6.07, 6.45) is 7.16. The molecule has 0 aliphatic heterocycles. The van der Waals surface area contributed by atoms with Crippen LogP contribution in [0.4, 0.5) is 10.9 Å². The minimum Gasteiger partial charge on any atom is -0.391 e. The second kappa shape index (κ2) is 9.53. The Kier molecular flexibility index (Phi) is 6.15. The second-order valence-corrected chi connectivity index (χ2v) is 9.29. The van der Waals surface area contributed by atoms with Gasteiger partial charge in [0.15, 0.2) is 5.13 Å². The zero-order valence-corrected chi connectivity index (χ0v) is 18.8. The van der Waals surface area contributed by atoms with Crippen LogP contribution in [0.25, 0.3) is 21.5 Å². The summed E-state index contributed by atoms with van der Waals surface area (Å²) in [7, 11) is 0. The molecular formula is C25H24N6OS. The average molecular weight is 457 g/mol. The maximum Gasteiger partial charge on any atom is 0.184 e. The third-order valence-corrected chi connectivity index (χ3v) is 6.84. The Hall–Kier alpha value is -3.54. The van der Waals surface area contributed by atoms with E-state index in [0.29, 0.717) is 17.9 Å². The maximum atomic E-state index is 10.2. The van der Waals surface area contributed by atoms with Gasteiger partial charge >= 0.3 is 0 Å². The average Bonchev–Trinajstić information content (AvgIpc) is 3.26. The first-order valence-electron chi connectivity index (χ1n) is 11.1. The van der Waals surface area contributed by atoms with Crippen molar-refractivity contribution in [3.63, 3.8) is 0 Å². The van der Waals surface area contributed by atoms with Gasteiger partial charge in [-0.1, -0.05) is 42.4 Å². The summed E-state index contributed by atoms with van der Waals surface area (Å²) in [4.78, 5) is 13.6. The number of aromatic nitrogens is 3. The molecule has 166 valence electrons. The van der Waals surface area contributed by atoms with Gasteiger partial charge in [0.25, 0.3) is 0 Å². The number of aliphatic hydroxyl groups is 1. The molecule has 2 aromatic carbocycles. The van der Waals surface area contributed by atoms with Crippen molar-refractivity contribution >= 4 is 32.5 Å². The van der Waals surface area contributed by atoms with Gasteiger partial charge in [-0.05, 0) is 42.7 Å². The number of rotatable bonds is 6. The monoisotopic (exact) mass is 456 g/mol. The molecule has 4 aromatic rings. The van der Waals surface area contributed by atoms with E-state index in [4.69, 9.17) is 10.2 Å². The number of thiazole rings is 1. The van der Waals surface area contributed by atoms with E-state index in [9.17, 15) is 5.11 Å². The molecule has 0 amide bonds. The smallest absolute Gasteiger partial charge is 0.184 e. The molecule has 0 radical (unpaired) electrons. The Labute approximate surface area is 196 Å². The van der Waals surface area contributed by atoms with Crippen molar-refractivity contribution < 1.29 is 5.11 Å². The van der Waals surface area contributed by atoms with Crippen LogP contribution in [0.15, 0.2) is 54.9 Å². The normalized spacial score (nSPS) is 18.1. The fourth-order valence-electron chi connectivity index (χ4n) is 4.11. The fourth-order valence-corrected chi connectivity index (χ4v) is 5.10. The lowest BCUT2D eigenvalue weighted by atomic mass is 9.93. The van der Waals surface area contributed by atoms with Crippen molar-refractivity contribution in [1.29, 1.82) is 5.26 Å². The molecule has 33 heavy (non-hydrogen) atoms. The molecule has 2 atom stereocenters. The van der Waals surface area contributed by atoms with Crippen LogP contribution < -0.4 is 10.6 Å². The summed E-state index contributed by atoms with van der Waals surface area (Å²) in [5, 5.41) is 27.0. The predicted octanol–water partition coefficient (Wildman–Crippen LogP) is 4.95. The number of anilines is 2. The highest BCUT2D eigenvalue weighted by Crippen LogP contribution is 2.30. The number of aliphatic hydroxyl groups excluding tert-OH is 1. The Bertz CT molecular complexity index is 1310. The Morgan fingerprint density at radius 3 is 2.88 bits per heavy atom. The standard InChI is InChI=1S/C25H24N6OS/c26-12-16-4-3-5-18(10-16)21-14-27-15-24(29-21)28-13-17-8-9-20-23(11-17)33-25(31-20)30-19-6-1-2-7-22(19)32/h3-5,8-11,14-15,19,22,32H,1-2,6-7,13H2,(H,28,29)(H,30,31)/t19?,22-/m1/s1. The van der Waals surface area contributed by atoms with Crippen LogP contribution in [0, 0.1) is 11.3 Å². The van der Waals surface area contributed by atoms with Gasteiger partial charge in [-0.25, -0.2) is 9.97 Å². The van der Waals surface area contributed by atoms with Gasteiger partial charge in [0.05, 0.1) is 52.1 Å². The number of hydrogen-bond acceptors (Lipinski definition) is 8. The summed E-state index contributed by atoms with van der Waals surface area (Å²) in [5.74, 6) is 0.674. The van der Waals surface area contributed by atoms with Crippen molar-refractivity contribution in [1.82, 2.24) is 15.0 Å². The molecule has 0 saturated heterocycles. The van der Waals surface area contributed by atoms with Crippen LogP contribution in [0.5, 0.6) is 0 Å². The van der Waals surface area contributed by atoms with Crippen LogP contribution in [0.1, 0.15) is 36.8 Å². The van der Waals surface area contributed by atoms with Crippen LogP contribution in [-0.2, 0) is 6.54 Å². The molecule has 2 aromatic heterocycles. The Morgan fingerprint density at radius 2 is 2.00 bits per heavy atom. The van der Waals surface area contributed by atoms with E-state index in [0.717, 1.165) is 57.9 Å². The molecule has 3 N–H and O–H groups in total. The predicted molar refractivity (Wildman–Crippen MR) is 131 cm³/mol. The first-order chi connectivity index (χ1) is 16.2. The van der Waals surface area contributed by atoms with E-state index in [1.807, 2.05) is 24.3 Å². The quantitative estimate of drug-likeness (QED) is 0.377. The van der Waals surface area contributed by atoms with Gasteiger partial charge < -0.3 is 15.7 Å². The fraction of sp³-hybridized carbons (Fsp3) is 0.280. The molecule has 1 aliphatic rings. The number of nitrogens with zero attached hydrogens (tertiary/aromatic N) is 4. The molecule has 1 saturated carbocycles. The molecule has 1 fully saturated rings. The SMILES string of the molecule is N#Cc1cccc(-c2cncc(NCc3ccc4nc(NC5CCCC[C@H]5O)sc4c3)n2)c1. The number of nitrogens with one attached hydrogen (secondary N) is 2. The molecule has 0 spiro atoms. The van der Waals surface area contributed by atoms with Crippen LogP contribution >= 0.6 is 11.3 Å². The van der Waals surface area contributed by atoms with Crippen molar-refractivity contribution in [3.05, 3.63) is 66.0 Å². The first-order valence-corrected chi connectivity index (χ1v) is 11.9. The van der Waals surface area contributed by atoms with E-state index in [1.165, 1.54) is 0 Å². The minimum absolute atomic E-state index is 0.0835. The van der Waals surface area contributed by atoms with Crippen molar-refractivity contribution in [3.8, 4) is 17.3 Å². The number of fused-ring (bicyclic) bond motifs is 1. The molecule has 2 heterocycles. The summed E-state index contributed by atoms with van der Waals surface area (Å²) < 4.78 is 1.11. The minimum atomic E-state index is -0.301. The molecule has 5 rings (SSSR count). The summed E-state index contributed by atoms with van der Waals surface area (Å²) in [5.41, 5.74) is 4.25. The topological polar surface area (TPSA) is 107 Å². The molecule has 0 bridgehead atoms. The highest BCUT2D eigenvalue weighted by atomic mass is 32.1. The van der Waals surface area contributed by atoms with E-state index < -0.39 is 0 Å². The lowest BCUT2D eigenvalue weighted by Gasteiger charge is -2.27. The lowest BCUT2D eigenvalue weighted by Crippen LogP contribution is -2.36. The molecule has 7 nitrogen and oxygen atoms in total. The van der Waals surface area contributed by atoms with Gasteiger partial charge in [-0.2, -0.15) is 5.26 Å². The van der Waals surface area contributed by atoms with E-state index >= 15 is 0 Å². The number of benzene rings is 2. The van der Waals surface area contributed by atoms with E-state index in [-0.39, 0.29) is 12.1 Å². The highest BCUT2D eigenvalue weighted by molar-refractivity contribution is 7.22. The first kappa shape index (κ1) is 21.3. The van der Waals surface area contributed by atoms with Gasteiger partial charge in [-0.3, -0.25) is 4.98 Å². The molecule has 8 heteroatoms. The summed E-state index contributed by atoms with van der Waals surface area (Å²) in [6.45, 7) is 0.605. The second-order valence-electron chi connectivity index (χ2n) is 8.26. The zero-order valence-electron chi connectivity index (χ0n) is 18.0. The number of hydrogen-bond donors (Lipinski definition) is 3. The Morgan fingerprint density at radius 1 is 1.09 bits per heavy atom. The van der Waals surface area contributed by atoms with Crippen LogP contribution in [-0.4, -0.2) is 32.2 Å². The van der Waals surface area contributed by atoms with Gasteiger partial charge in [-0.15, -0.1) is 0 Å². The van der Waals surface area contributed by atoms with Crippen molar-refractivity contribution in [2.24, 2.45) is 0 Å². The molecule has 1 aliphatic carbocycles. The highest BCUT2D eigenvalue weighted by Gasteiger charge is 2.23. The summed E-state index contributed by atoms with van der Waals surface area (Å²) >= 11 is 1.62. The third-order valence-electron chi connectivity index (χ3n) is 5.89. The van der Waals surface area contributed by atoms with Crippen LogP contribution in [0.2, 0.25) is 0 Å². The zero-order chi connectivity index (χ0) is 22.6. The molecular weight excluding hydrogens is 432 g/mol. The van der Waals surface area contributed by atoms with Gasteiger partial charge in [0.1, 0.15) is 5.82 Å². The van der Waals surface area contributed by atoms with E-state index in [1.54, 1.807) is 29.8 Å². The largest absolute Gasteiger partial charge is 0.391 e. The summed E-state index contributed by atoms with van der Waals surface area (Å²) in [6, 6.07) is 15.8. The van der Waals surface area contributed by atoms with Crippen LogP contribution in [0.3, 0.4) is 0 Å².